The molecule has 6 atom stereocenters. The molecule has 13 heteroatoms. The number of esters is 1. The Bertz CT molecular complexity index is 853. The van der Waals surface area contributed by atoms with E-state index in [2.05, 4.69) is 30.2 Å². The molecule has 1 aliphatic rings. The van der Waals surface area contributed by atoms with Gasteiger partial charge in [0.1, 0.15) is 30.5 Å². The van der Waals surface area contributed by atoms with Crippen LogP contribution in [0.2, 0.25) is 0 Å². The van der Waals surface area contributed by atoms with Gasteiger partial charge >= 0.3 is 16.4 Å². The van der Waals surface area contributed by atoms with Gasteiger partial charge in [0.15, 0.2) is 6.29 Å². The normalized spacial score (nSPS) is 23.3. The molecule has 1 saturated heterocycles. The van der Waals surface area contributed by atoms with E-state index in [1.165, 1.54) is 25.7 Å². The van der Waals surface area contributed by atoms with E-state index in [0.29, 0.717) is 13.0 Å². The number of carbonyl (C=O) groups excluding carboxylic acids is 1. The number of aliphatic hydroxyl groups is 3. The van der Waals surface area contributed by atoms with Crippen molar-refractivity contribution in [2.24, 2.45) is 0 Å². The van der Waals surface area contributed by atoms with Crippen molar-refractivity contribution < 1.29 is 56.2 Å². The van der Waals surface area contributed by atoms with Crippen LogP contribution in [0.3, 0.4) is 0 Å². The maximum Gasteiger partial charge on any atom is 0.397 e. The van der Waals surface area contributed by atoms with Gasteiger partial charge in [0.05, 0.1) is 19.8 Å². The molecule has 1 aliphatic heterocycles. The highest BCUT2D eigenvalue weighted by Crippen LogP contribution is 2.26. The Morgan fingerprint density at radius 2 is 1.48 bits per heavy atom. The van der Waals surface area contributed by atoms with Crippen molar-refractivity contribution in [2.45, 2.75) is 153 Å². The van der Waals surface area contributed by atoms with Gasteiger partial charge in [-0.15, -0.1) is 0 Å². The second-order valence-corrected chi connectivity index (χ2v) is 12.5. The van der Waals surface area contributed by atoms with Gasteiger partial charge in [0.25, 0.3) is 0 Å². The molecule has 1 fully saturated rings. The van der Waals surface area contributed by atoms with Crippen LogP contribution in [0, 0.1) is 0 Å². The van der Waals surface area contributed by atoms with Crippen molar-refractivity contribution in [3.05, 3.63) is 12.2 Å². The largest absolute Gasteiger partial charge is 0.457 e. The lowest BCUT2D eigenvalue weighted by molar-refractivity contribution is -0.301. The van der Waals surface area contributed by atoms with E-state index in [4.69, 9.17) is 23.5 Å². The van der Waals surface area contributed by atoms with Crippen LogP contribution in [0.5, 0.6) is 0 Å². The molecule has 0 spiro atoms. The predicted octanol–water partition coefficient (Wildman–Crippen LogP) is 4.40. The van der Waals surface area contributed by atoms with Crippen molar-refractivity contribution in [3.8, 4) is 0 Å². The van der Waals surface area contributed by atoms with E-state index in [1.807, 2.05) is 0 Å². The number of hydrogen-bond acceptors (Lipinski definition) is 11. The first-order valence-corrected chi connectivity index (χ1v) is 17.8. The first kappa shape index (κ1) is 40.9. The van der Waals surface area contributed by atoms with E-state index in [9.17, 15) is 28.5 Å². The van der Waals surface area contributed by atoms with Crippen LogP contribution in [0.25, 0.3) is 0 Å². The Balaban J connectivity index is 2.60. The zero-order valence-electron chi connectivity index (χ0n) is 26.7. The molecule has 0 aromatic heterocycles. The van der Waals surface area contributed by atoms with Gasteiger partial charge in [-0.05, 0) is 32.1 Å². The fourth-order valence-electron chi connectivity index (χ4n) is 4.85. The van der Waals surface area contributed by atoms with E-state index in [0.717, 1.165) is 64.2 Å². The van der Waals surface area contributed by atoms with Gasteiger partial charge in [0, 0.05) is 13.0 Å². The average Bonchev–Trinajstić information content (AvgIpc) is 2.98. The number of ether oxygens (including phenoxy) is 4. The van der Waals surface area contributed by atoms with Crippen molar-refractivity contribution in [3.63, 3.8) is 0 Å². The highest BCUT2D eigenvalue weighted by Gasteiger charge is 2.48. The first-order chi connectivity index (χ1) is 21.1. The monoisotopic (exact) mass is 654 g/mol. The summed E-state index contributed by atoms with van der Waals surface area (Å²) in [4.78, 5) is 12.6. The van der Waals surface area contributed by atoms with Crippen LogP contribution in [0.1, 0.15) is 117 Å². The fraction of sp³-hybridized carbons (Fsp3) is 0.903. The van der Waals surface area contributed by atoms with Crippen LogP contribution in [-0.2, 0) is 38.3 Å². The summed E-state index contributed by atoms with van der Waals surface area (Å²) in [6, 6.07) is 0. The predicted molar refractivity (Wildman–Crippen MR) is 165 cm³/mol. The quantitative estimate of drug-likeness (QED) is 0.0425. The summed E-state index contributed by atoms with van der Waals surface area (Å²) in [6.07, 6.45) is 11.5. The lowest BCUT2D eigenvalue weighted by Crippen LogP contribution is -2.60. The van der Waals surface area contributed by atoms with Crippen LogP contribution in [-0.4, -0.2) is 97.5 Å². The van der Waals surface area contributed by atoms with Crippen LogP contribution in [0.15, 0.2) is 12.2 Å². The molecule has 12 nitrogen and oxygen atoms in total. The van der Waals surface area contributed by atoms with Gasteiger partial charge in [-0.25, -0.2) is 4.18 Å². The molecule has 0 bridgehead atoms. The fourth-order valence-corrected chi connectivity index (χ4v) is 5.36. The lowest BCUT2D eigenvalue weighted by Gasteiger charge is -2.41. The highest BCUT2D eigenvalue weighted by atomic mass is 32.3. The maximum atomic E-state index is 12.6. The van der Waals surface area contributed by atoms with E-state index in [-0.39, 0.29) is 19.6 Å². The summed E-state index contributed by atoms with van der Waals surface area (Å²) < 4.78 is 58.3. The molecule has 1 rings (SSSR count). The van der Waals surface area contributed by atoms with Crippen LogP contribution in [0.4, 0.5) is 0 Å². The Hall–Kier alpha value is -1.16. The van der Waals surface area contributed by atoms with E-state index < -0.39 is 59.8 Å². The lowest BCUT2D eigenvalue weighted by atomic mass is 9.99. The molecule has 44 heavy (non-hydrogen) atoms. The third kappa shape index (κ3) is 19.4. The molecule has 0 saturated carbocycles. The summed E-state index contributed by atoms with van der Waals surface area (Å²) in [6.45, 7) is 3.83. The molecule has 0 aliphatic carbocycles. The molecule has 6 unspecified atom stereocenters. The van der Waals surface area contributed by atoms with Gasteiger partial charge in [-0.2, -0.15) is 8.42 Å². The smallest absolute Gasteiger partial charge is 0.397 e. The van der Waals surface area contributed by atoms with Crippen molar-refractivity contribution in [1.29, 1.82) is 0 Å². The molecule has 4 N–H and O–H groups in total. The van der Waals surface area contributed by atoms with Gasteiger partial charge < -0.3 is 34.3 Å². The highest BCUT2D eigenvalue weighted by molar-refractivity contribution is 7.80. The number of allylic oxidation sites excluding steroid dienone is 2. The van der Waals surface area contributed by atoms with Gasteiger partial charge in [-0.1, -0.05) is 90.2 Å². The minimum atomic E-state index is -5.05. The summed E-state index contributed by atoms with van der Waals surface area (Å²) in [5.41, 5.74) is 0. The Kier molecular flexibility index (Phi) is 23.2. The Morgan fingerprint density at radius 1 is 0.841 bits per heavy atom. The summed E-state index contributed by atoms with van der Waals surface area (Å²) in [5.74, 6) is -0.415. The molecule has 0 aromatic rings. The number of rotatable bonds is 27. The number of hydrogen-bond donors (Lipinski definition) is 4. The molecular weight excluding hydrogens is 596 g/mol. The second kappa shape index (κ2) is 25.0. The van der Waals surface area contributed by atoms with E-state index >= 15 is 0 Å². The average molecular weight is 655 g/mol. The minimum Gasteiger partial charge on any atom is -0.457 e. The zero-order valence-corrected chi connectivity index (χ0v) is 27.5. The number of carbonyl (C=O) groups is 1. The molecule has 1 heterocycles. The van der Waals surface area contributed by atoms with Crippen molar-refractivity contribution >= 4 is 16.4 Å². The number of unbranched alkanes of at least 4 members (excludes halogenated alkanes) is 12. The van der Waals surface area contributed by atoms with E-state index in [1.54, 1.807) is 0 Å². The third-order valence-corrected chi connectivity index (χ3v) is 7.83. The third-order valence-electron chi connectivity index (χ3n) is 7.37. The van der Waals surface area contributed by atoms with Crippen molar-refractivity contribution in [1.82, 2.24) is 0 Å². The Labute approximate surface area is 264 Å². The SMILES string of the molecule is CCC/C=C\CCCCCCCC(=O)OC(COCCCCCCCCC)COC1OC(CO)C(O)C(OS(=O)(=O)O)C1O. The second-order valence-electron chi connectivity index (χ2n) is 11.4. The number of aliphatic hydroxyl groups excluding tert-OH is 3. The summed E-state index contributed by atoms with van der Waals surface area (Å²) in [7, 11) is -5.05. The topological polar surface area (TPSA) is 178 Å². The molecular formula is C31H58O12S. The maximum absolute atomic E-state index is 12.6. The summed E-state index contributed by atoms with van der Waals surface area (Å²) >= 11 is 0. The van der Waals surface area contributed by atoms with Gasteiger partial charge in [-0.3, -0.25) is 9.35 Å². The zero-order chi connectivity index (χ0) is 32.6. The molecule has 260 valence electrons. The molecule has 0 radical (unpaired) electrons. The summed E-state index contributed by atoms with van der Waals surface area (Å²) in [5, 5.41) is 30.3. The minimum absolute atomic E-state index is 0.0347. The van der Waals surface area contributed by atoms with Crippen molar-refractivity contribution in [2.75, 3.05) is 26.4 Å². The van der Waals surface area contributed by atoms with Crippen LogP contribution < -0.4 is 0 Å². The van der Waals surface area contributed by atoms with Crippen LogP contribution >= 0.6 is 0 Å². The standard InChI is InChI=1S/C31H58O12S/c1-3-5-7-9-11-12-13-14-16-18-20-27(33)41-25(23-39-21-19-17-15-10-8-6-4-2)24-40-31-29(35)30(43-44(36,37)38)28(34)26(22-32)42-31/h7,9,25-26,28-32,34-35H,3-6,8,10-24H2,1-2H3,(H,36,37,38)/b9-7-. The van der Waals surface area contributed by atoms with Gasteiger partial charge in [0.2, 0.25) is 0 Å². The molecule has 0 aromatic carbocycles. The molecule has 0 amide bonds. The first-order valence-electron chi connectivity index (χ1n) is 16.4. The Morgan fingerprint density at radius 3 is 2.14 bits per heavy atom.